The highest BCUT2D eigenvalue weighted by atomic mass is 16.3. The van der Waals surface area contributed by atoms with Gasteiger partial charge in [-0.2, -0.15) is 0 Å². The topological polar surface area (TPSA) is 29.5 Å². The van der Waals surface area contributed by atoms with E-state index in [9.17, 15) is 0 Å². The number of hydrogen-bond acceptors (Lipinski definition) is 3. The summed E-state index contributed by atoms with van der Waals surface area (Å²) in [7, 11) is 0. The summed E-state index contributed by atoms with van der Waals surface area (Å²) in [5.74, 6) is 0. The summed E-state index contributed by atoms with van der Waals surface area (Å²) in [5, 5.41) is 4.69. The van der Waals surface area contributed by atoms with Crippen molar-refractivity contribution in [2.75, 3.05) is 4.90 Å². The second kappa shape index (κ2) is 35.4. The van der Waals surface area contributed by atoms with Crippen LogP contribution in [-0.2, 0) is 37.9 Å². The monoisotopic (exact) mass is 1890 g/mol. The molecule has 0 bridgehead atoms. The minimum Gasteiger partial charge on any atom is -0.455 e. The first-order valence-corrected chi connectivity index (χ1v) is 55.8. The Kier molecular flexibility index (Phi) is 22.7. The van der Waals surface area contributed by atoms with E-state index in [0.717, 1.165) is 50.2 Å². The number of fused-ring (bicyclic) bond motifs is 31. The zero-order valence-corrected chi connectivity index (χ0v) is 88.4. The molecular weight excluding hydrogens is 1750 g/mol. The third kappa shape index (κ3) is 14.3. The Morgan fingerprint density at radius 1 is 0.214 bits per heavy atom. The molecular formula is C142H141NO2. The number of nitrogens with zero attached hydrogens (tertiary/aromatic N) is 1. The van der Waals surface area contributed by atoms with Crippen molar-refractivity contribution in [1.82, 2.24) is 0 Å². The van der Waals surface area contributed by atoms with Gasteiger partial charge in [0.25, 0.3) is 0 Å². The Bertz CT molecular complexity index is 8270. The first-order chi connectivity index (χ1) is 70.4. The SMILES string of the molecule is CCCCCCCC1(CCCCCCC)c2ccccc2-c2ccc(-c3ccc4c(c3)C(C)(C)c3cc(-c5ccc6c(c5)C(C)(C)c5c7c(c8oc9ccccc9c8c5-6)-c5ccc(N(c6ccc(C)cc6)c6ccc8c(c6)C(C)(C)c6cc(-c9ccc%10c(c9)C(C)(C)c9cc(-c%11ccc%12c(c%11)C(CCCCCCC)(CCCCCCC)c%11ccccc%11-%12)ccc9-%10)c9c(oc%10ccccc%109)c6-8)cc5C7(C)C)ccc3-4)cc21. The van der Waals surface area contributed by atoms with Gasteiger partial charge in [0.1, 0.15) is 22.3 Å². The summed E-state index contributed by atoms with van der Waals surface area (Å²) >= 11 is 0. The first kappa shape index (κ1) is 93.0. The average molecular weight is 1890 g/mol. The van der Waals surface area contributed by atoms with Gasteiger partial charge in [0.15, 0.2) is 0 Å². The number of benzene rings is 16. The van der Waals surface area contributed by atoms with E-state index >= 15 is 0 Å². The number of aryl methyl sites for hydroxylation is 1. The normalized spacial score (nSPS) is 15.8. The molecule has 7 aliphatic rings. The maximum absolute atomic E-state index is 7.43. The van der Waals surface area contributed by atoms with E-state index in [1.165, 1.54) is 348 Å². The van der Waals surface area contributed by atoms with Crippen molar-refractivity contribution in [2.45, 2.75) is 296 Å². The maximum atomic E-state index is 7.43. The summed E-state index contributed by atoms with van der Waals surface area (Å²) in [6, 6.07) is 115. The number of hydrogen-bond donors (Lipinski definition) is 0. The number of rotatable bonds is 31. The minimum atomic E-state index is -0.456. The van der Waals surface area contributed by atoms with E-state index < -0.39 is 16.2 Å². The Balaban J connectivity index is 0.537. The van der Waals surface area contributed by atoms with Crippen LogP contribution in [0.25, 0.3) is 166 Å². The van der Waals surface area contributed by atoms with Gasteiger partial charge in [0.2, 0.25) is 0 Å². The van der Waals surface area contributed by atoms with Crippen LogP contribution in [0.3, 0.4) is 0 Å². The fraction of sp³-hybridized carbons (Fsp3) is 0.324. The third-order valence-electron chi connectivity index (χ3n) is 37.1. The number of furan rings is 2. The summed E-state index contributed by atoms with van der Waals surface area (Å²) in [4.78, 5) is 2.53. The highest BCUT2D eigenvalue weighted by Gasteiger charge is 2.52. The molecule has 0 amide bonds. The summed E-state index contributed by atoms with van der Waals surface area (Å²) in [6.45, 7) is 36.4. The van der Waals surface area contributed by atoms with E-state index in [2.05, 4.69) is 400 Å². The van der Waals surface area contributed by atoms with Crippen LogP contribution in [0.1, 0.15) is 334 Å². The Hall–Kier alpha value is -13.1. The number of para-hydroxylation sites is 2. The van der Waals surface area contributed by atoms with Crippen LogP contribution in [0.4, 0.5) is 17.1 Å². The summed E-state index contributed by atoms with van der Waals surface area (Å²) in [5.41, 5.74) is 55.3. The van der Waals surface area contributed by atoms with Gasteiger partial charge in [-0.15, -0.1) is 0 Å². The van der Waals surface area contributed by atoms with Crippen molar-refractivity contribution in [3.05, 3.63) is 375 Å². The van der Waals surface area contributed by atoms with Crippen molar-refractivity contribution in [3.8, 4) is 122 Å². The van der Waals surface area contributed by atoms with Crippen molar-refractivity contribution in [3.63, 3.8) is 0 Å². The zero-order chi connectivity index (χ0) is 99.1. The molecule has 726 valence electrons. The van der Waals surface area contributed by atoms with Crippen molar-refractivity contribution < 1.29 is 8.83 Å². The lowest BCUT2D eigenvalue weighted by Crippen LogP contribution is -2.25. The standard InChI is InChI=1S/C142H141NO2/c1-16-20-24-28-40-74-141(75-41-29-25-21-17-2)113-48-36-32-44-99(113)105-68-57-93(82-122(105)141)90-55-66-102-101-65-54-89(78-115(101)136(6,7)116(102)79-90)92-59-71-108-119(81-92)139(12,13)132-129(108)130-111-47-35-39-51-126(111)145-135(130)131-109-73-64-98(86-121(109)140(14,15)133(131)132)143(96-61-52-88(5)53-62-96)97-63-72-107-120(85-97)138(10,11)124-87-112(127-110-46-34-38-50-125(110)144-134(127)128(107)124)95-60-70-104-103-67-56-91(80-117(103)137(8,9)118(104)84-95)94-58-69-106-100-45-33-37-49-114(100)142(123(106)83-94,76-42-30-26-22-18-3)77-43-31-27-23-19-4/h32-39,44-73,78-87H,16-31,40-43,74-77H2,1-15H3. The van der Waals surface area contributed by atoms with Gasteiger partial charge in [0.05, 0.1) is 0 Å². The Morgan fingerprint density at radius 2 is 0.510 bits per heavy atom. The fourth-order valence-electron chi connectivity index (χ4n) is 29.3. The fourth-order valence-corrected chi connectivity index (χ4v) is 29.3. The van der Waals surface area contributed by atoms with E-state index in [0.29, 0.717) is 0 Å². The second-order valence-electron chi connectivity index (χ2n) is 47.4. The van der Waals surface area contributed by atoms with Crippen LogP contribution in [-0.4, -0.2) is 0 Å². The molecule has 18 aromatic rings. The molecule has 0 N–H and O–H groups in total. The van der Waals surface area contributed by atoms with E-state index in [1.807, 2.05) is 0 Å². The van der Waals surface area contributed by atoms with Crippen LogP contribution in [0.2, 0.25) is 0 Å². The molecule has 0 radical (unpaired) electrons. The third-order valence-corrected chi connectivity index (χ3v) is 37.1. The molecule has 0 fully saturated rings. The van der Waals surface area contributed by atoms with Crippen molar-refractivity contribution in [2.24, 2.45) is 0 Å². The average Bonchev–Trinajstić information content (AvgIpc) is 1.50. The first-order valence-electron chi connectivity index (χ1n) is 55.8. The Labute approximate surface area is 861 Å². The molecule has 3 heteroatoms. The molecule has 2 heterocycles. The van der Waals surface area contributed by atoms with E-state index in [-0.39, 0.29) is 21.7 Å². The van der Waals surface area contributed by atoms with Crippen molar-refractivity contribution in [1.29, 1.82) is 0 Å². The predicted molar refractivity (Wildman–Crippen MR) is 616 cm³/mol. The molecule has 0 saturated heterocycles. The van der Waals surface area contributed by atoms with Gasteiger partial charge in [-0.05, 0) is 319 Å². The molecule has 145 heavy (non-hydrogen) atoms. The van der Waals surface area contributed by atoms with Gasteiger partial charge >= 0.3 is 0 Å². The molecule has 0 saturated carbocycles. The van der Waals surface area contributed by atoms with Crippen LogP contribution < -0.4 is 4.90 Å². The Morgan fingerprint density at radius 3 is 0.945 bits per heavy atom. The van der Waals surface area contributed by atoms with Crippen LogP contribution >= 0.6 is 0 Å². The molecule has 25 rings (SSSR count). The zero-order valence-electron chi connectivity index (χ0n) is 88.4. The summed E-state index contributed by atoms with van der Waals surface area (Å²) in [6.07, 6.45) is 30.8. The smallest absolute Gasteiger partial charge is 0.144 e. The number of unbranched alkanes of at least 4 members (excludes halogenated alkanes) is 16. The van der Waals surface area contributed by atoms with Gasteiger partial charge < -0.3 is 13.7 Å². The highest BCUT2D eigenvalue weighted by molar-refractivity contribution is 6.22. The molecule has 0 spiro atoms. The highest BCUT2D eigenvalue weighted by Crippen LogP contribution is 2.67. The van der Waals surface area contributed by atoms with Gasteiger partial charge in [0, 0.05) is 87.6 Å². The van der Waals surface area contributed by atoms with Gasteiger partial charge in [-0.25, -0.2) is 0 Å². The summed E-state index contributed by atoms with van der Waals surface area (Å²) < 4.78 is 14.8. The van der Waals surface area contributed by atoms with Gasteiger partial charge in [-0.3, -0.25) is 0 Å². The number of anilines is 3. The van der Waals surface area contributed by atoms with Gasteiger partial charge in [-0.1, -0.05) is 425 Å². The molecule has 7 aliphatic carbocycles. The molecule has 3 nitrogen and oxygen atoms in total. The quantitative estimate of drug-likeness (QED) is 0.0406. The van der Waals surface area contributed by atoms with Crippen LogP contribution in [0.15, 0.2) is 300 Å². The molecule has 0 atom stereocenters. The molecule has 16 aromatic carbocycles. The van der Waals surface area contributed by atoms with Crippen LogP contribution in [0.5, 0.6) is 0 Å². The van der Waals surface area contributed by atoms with Crippen LogP contribution in [0, 0.1) is 6.92 Å². The second-order valence-corrected chi connectivity index (χ2v) is 47.4. The molecule has 0 unspecified atom stereocenters. The lowest BCUT2D eigenvalue weighted by atomic mass is 9.70. The molecule has 2 aromatic heterocycles. The van der Waals surface area contributed by atoms with E-state index in [4.69, 9.17) is 8.83 Å². The largest absolute Gasteiger partial charge is 0.455 e. The lowest BCUT2D eigenvalue weighted by molar-refractivity contribution is 0.399. The lowest BCUT2D eigenvalue weighted by Gasteiger charge is -2.33. The minimum absolute atomic E-state index is 0.0196. The maximum Gasteiger partial charge on any atom is 0.144 e. The molecule has 0 aliphatic heterocycles. The van der Waals surface area contributed by atoms with E-state index in [1.54, 1.807) is 22.3 Å². The predicted octanol–water partition coefficient (Wildman–Crippen LogP) is 41.4. The van der Waals surface area contributed by atoms with Crippen molar-refractivity contribution >= 4 is 60.9 Å².